The molecular formula is C20H22ClN5O4. The summed E-state index contributed by atoms with van der Waals surface area (Å²) >= 11 is 5.92. The quantitative estimate of drug-likeness (QED) is 0.541. The molecule has 10 heteroatoms. The maximum absolute atomic E-state index is 12.9. The summed E-state index contributed by atoms with van der Waals surface area (Å²) in [6.07, 6.45) is 2.02. The van der Waals surface area contributed by atoms with Gasteiger partial charge in [-0.2, -0.15) is 0 Å². The largest absolute Gasteiger partial charge is 0.385 e. The Bertz CT molecular complexity index is 1170. The van der Waals surface area contributed by atoms with Crippen molar-refractivity contribution < 1.29 is 9.53 Å². The highest BCUT2D eigenvalue weighted by atomic mass is 35.5. The van der Waals surface area contributed by atoms with Crippen molar-refractivity contribution in [1.82, 2.24) is 24.4 Å². The van der Waals surface area contributed by atoms with E-state index in [0.29, 0.717) is 36.0 Å². The Morgan fingerprint density at radius 2 is 1.93 bits per heavy atom. The molecule has 2 heterocycles. The number of aryl methyl sites for hydroxylation is 1. The average molecular weight is 432 g/mol. The minimum Gasteiger partial charge on any atom is -0.385 e. The minimum atomic E-state index is -0.602. The fourth-order valence-electron chi connectivity index (χ4n) is 3.00. The number of methoxy groups -OCH3 is 1. The first-order valence-corrected chi connectivity index (χ1v) is 9.86. The first kappa shape index (κ1) is 21.7. The van der Waals surface area contributed by atoms with E-state index in [-0.39, 0.29) is 24.1 Å². The van der Waals surface area contributed by atoms with Gasteiger partial charge in [0.15, 0.2) is 11.5 Å². The van der Waals surface area contributed by atoms with Gasteiger partial charge in [0.2, 0.25) is 5.91 Å². The number of carbonyl (C=O) groups is 1. The van der Waals surface area contributed by atoms with Crippen molar-refractivity contribution in [3.8, 4) is 11.4 Å². The van der Waals surface area contributed by atoms with Crippen LogP contribution in [0.5, 0.6) is 0 Å². The smallest absolute Gasteiger partial charge is 0.333 e. The molecule has 0 bridgehead atoms. The Morgan fingerprint density at radius 3 is 2.60 bits per heavy atom. The average Bonchev–Trinajstić information content (AvgIpc) is 2.75. The Kier molecular flexibility index (Phi) is 6.96. The number of carbonyl (C=O) groups excluding carboxylic acids is 1. The van der Waals surface area contributed by atoms with Crippen LogP contribution < -0.4 is 16.6 Å². The van der Waals surface area contributed by atoms with Gasteiger partial charge in [-0.1, -0.05) is 11.6 Å². The van der Waals surface area contributed by atoms with Crippen molar-refractivity contribution >= 4 is 28.5 Å². The van der Waals surface area contributed by atoms with Crippen molar-refractivity contribution in [3.05, 3.63) is 56.3 Å². The van der Waals surface area contributed by atoms with Crippen LogP contribution in [0.2, 0.25) is 5.02 Å². The molecule has 3 rings (SSSR count). The number of ether oxygens (including phenoxy) is 1. The van der Waals surface area contributed by atoms with Crippen molar-refractivity contribution in [1.29, 1.82) is 0 Å². The zero-order chi connectivity index (χ0) is 21.7. The van der Waals surface area contributed by atoms with E-state index in [4.69, 9.17) is 16.3 Å². The summed E-state index contributed by atoms with van der Waals surface area (Å²) in [5.41, 5.74) is -0.266. The summed E-state index contributed by atoms with van der Waals surface area (Å²) in [7, 11) is 1.57. The van der Waals surface area contributed by atoms with Gasteiger partial charge in [0.25, 0.3) is 5.56 Å². The Labute approximate surface area is 177 Å². The molecule has 0 saturated carbocycles. The van der Waals surface area contributed by atoms with Crippen LogP contribution in [0.1, 0.15) is 13.3 Å². The maximum Gasteiger partial charge on any atom is 0.333 e. The fourth-order valence-corrected chi connectivity index (χ4v) is 3.13. The lowest BCUT2D eigenvalue weighted by Crippen LogP contribution is -2.44. The number of hydrogen-bond acceptors (Lipinski definition) is 6. The van der Waals surface area contributed by atoms with Crippen LogP contribution in [0.15, 0.2) is 40.1 Å². The van der Waals surface area contributed by atoms with Crippen LogP contribution in [-0.4, -0.2) is 45.3 Å². The molecule has 30 heavy (non-hydrogen) atoms. The number of hydrogen-bond donors (Lipinski definition) is 1. The number of fused-ring (bicyclic) bond motifs is 1. The summed E-state index contributed by atoms with van der Waals surface area (Å²) in [5, 5.41) is 3.42. The number of aromatic nitrogens is 4. The summed E-state index contributed by atoms with van der Waals surface area (Å²) in [6, 6.07) is 6.93. The van der Waals surface area contributed by atoms with E-state index < -0.39 is 17.2 Å². The first-order valence-electron chi connectivity index (χ1n) is 9.48. The minimum absolute atomic E-state index is 0.168. The molecule has 0 aliphatic carbocycles. The van der Waals surface area contributed by atoms with Gasteiger partial charge in [-0.25, -0.2) is 14.8 Å². The third-order valence-corrected chi connectivity index (χ3v) is 4.78. The second kappa shape index (κ2) is 9.64. The third kappa shape index (κ3) is 4.58. The molecule has 0 aliphatic rings. The number of nitrogens with one attached hydrogen (secondary N) is 1. The Balaban J connectivity index is 2.00. The second-order valence-corrected chi connectivity index (χ2v) is 6.99. The molecule has 3 aromatic rings. The van der Waals surface area contributed by atoms with Crippen LogP contribution in [0.4, 0.5) is 0 Å². The number of halogens is 1. The van der Waals surface area contributed by atoms with Gasteiger partial charge in [0.1, 0.15) is 11.9 Å². The molecule has 9 nitrogen and oxygen atoms in total. The Hall–Kier alpha value is -3.04. The van der Waals surface area contributed by atoms with E-state index in [9.17, 15) is 14.4 Å². The van der Waals surface area contributed by atoms with Crippen molar-refractivity contribution in [2.45, 2.75) is 26.4 Å². The zero-order valence-corrected chi connectivity index (χ0v) is 17.5. The van der Waals surface area contributed by atoms with E-state index >= 15 is 0 Å². The van der Waals surface area contributed by atoms with Gasteiger partial charge < -0.3 is 10.1 Å². The topological polar surface area (TPSA) is 108 Å². The third-order valence-electron chi connectivity index (χ3n) is 4.53. The van der Waals surface area contributed by atoms with Gasteiger partial charge in [0.05, 0.1) is 0 Å². The van der Waals surface area contributed by atoms with E-state index in [2.05, 4.69) is 15.3 Å². The van der Waals surface area contributed by atoms with Crippen LogP contribution >= 0.6 is 11.6 Å². The highest BCUT2D eigenvalue weighted by Gasteiger charge is 2.17. The second-order valence-electron chi connectivity index (χ2n) is 6.55. The molecule has 0 atom stereocenters. The van der Waals surface area contributed by atoms with E-state index in [1.165, 1.54) is 10.8 Å². The van der Waals surface area contributed by atoms with Crippen LogP contribution in [-0.2, 0) is 22.6 Å². The Morgan fingerprint density at radius 1 is 1.20 bits per heavy atom. The molecule has 1 N–H and O–H groups in total. The van der Waals surface area contributed by atoms with Crippen molar-refractivity contribution in [2.24, 2.45) is 0 Å². The molecule has 0 fully saturated rings. The normalized spacial score (nSPS) is 11.0. The summed E-state index contributed by atoms with van der Waals surface area (Å²) in [4.78, 5) is 46.6. The predicted molar refractivity (Wildman–Crippen MR) is 114 cm³/mol. The lowest BCUT2D eigenvalue weighted by Gasteiger charge is -2.12. The SMILES string of the molecule is CCn1c(=O)n(CC(=O)NCCCOC)c(=O)c2cnc(-c3ccc(Cl)cc3)nc21. The molecule has 0 spiro atoms. The van der Waals surface area contributed by atoms with E-state index in [1.807, 2.05) is 0 Å². The number of rotatable bonds is 8. The monoisotopic (exact) mass is 431 g/mol. The molecule has 0 radical (unpaired) electrons. The lowest BCUT2D eigenvalue weighted by atomic mass is 10.2. The van der Waals surface area contributed by atoms with E-state index in [0.717, 1.165) is 4.57 Å². The molecule has 158 valence electrons. The summed E-state index contributed by atoms with van der Waals surface area (Å²) < 4.78 is 7.19. The number of benzene rings is 1. The highest BCUT2D eigenvalue weighted by Crippen LogP contribution is 2.19. The van der Waals surface area contributed by atoms with Gasteiger partial charge in [-0.15, -0.1) is 0 Å². The van der Waals surface area contributed by atoms with Crippen LogP contribution in [0.25, 0.3) is 22.4 Å². The van der Waals surface area contributed by atoms with Gasteiger partial charge >= 0.3 is 5.69 Å². The molecule has 1 amide bonds. The summed E-state index contributed by atoms with van der Waals surface area (Å²) in [6.45, 7) is 2.57. The zero-order valence-electron chi connectivity index (χ0n) is 16.7. The molecule has 2 aromatic heterocycles. The first-order chi connectivity index (χ1) is 14.5. The van der Waals surface area contributed by atoms with Crippen molar-refractivity contribution in [2.75, 3.05) is 20.3 Å². The fraction of sp³-hybridized carbons (Fsp3) is 0.350. The maximum atomic E-state index is 12.9. The predicted octanol–water partition coefficient (Wildman–Crippen LogP) is 1.45. The molecule has 0 aliphatic heterocycles. The highest BCUT2D eigenvalue weighted by molar-refractivity contribution is 6.30. The molecular weight excluding hydrogens is 410 g/mol. The summed E-state index contributed by atoms with van der Waals surface area (Å²) in [5.74, 6) is -0.0557. The van der Waals surface area contributed by atoms with Gasteiger partial charge in [0, 0.05) is 43.6 Å². The molecule has 0 saturated heterocycles. The standard InChI is InChI=1S/C20H22ClN5O4/c1-3-25-18-15(11-23-17(24-18)13-5-7-14(21)8-6-13)19(28)26(20(25)29)12-16(27)22-9-4-10-30-2/h5-8,11H,3-4,9-10,12H2,1-2H3,(H,22,27). The van der Waals surface area contributed by atoms with Crippen molar-refractivity contribution in [3.63, 3.8) is 0 Å². The number of amides is 1. The van der Waals surface area contributed by atoms with Gasteiger partial charge in [-0.3, -0.25) is 18.7 Å². The van der Waals surface area contributed by atoms with Gasteiger partial charge in [-0.05, 0) is 37.6 Å². The molecule has 1 aromatic carbocycles. The van der Waals surface area contributed by atoms with E-state index in [1.54, 1.807) is 38.3 Å². The molecule has 0 unspecified atom stereocenters. The number of nitrogens with zero attached hydrogens (tertiary/aromatic N) is 4. The van der Waals surface area contributed by atoms with Crippen LogP contribution in [0, 0.1) is 0 Å². The van der Waals surface area contributed by atoms with Crippen LogP contribution in [0.3, 0.4) is 0 Å². The lowest BCUT2D eigenvalue weighted by molar-refractivity contribution is -0.121.